The first-order chi connectivity index (χ1) is 19.0. The van der Waals surface area contributed by atoms with Crippen molar-refractivity contribution in [1.82, 2.24) is 15.5 Å². The van der Waals surface area contributed by atoms with Crippen molar-refractivity contribution in [2.75, 3.05) is 13.2 Å². The van der Waals surface area contributed by atoms with Crippen LogP contribution in [-0.2, 0) is 30.3 Å². The average molecular weight is 548 g/mol. The number of esters is 1. The van der Waals surface area contributed by atoms with Gasteiger partial charge in [0.1, 0.15) is 17.7 Å². The van der Waals surface area contributed by atoms with E-state index in [0.29, 0.717) is 11.1 Å². The molecule has 0 saturated heterocycles. The predicted molar refractivity (Wildman–Crippen MR) is 153 cm³/mol. The summed E-state index contributed by atoms with van der Waals surface area (Å²) in [6, 6.07) is 15.8. The van der Waals surface area contributed by atoms with Crippen molar-refractivity contribution in [3.63, 3.8) is 0 Å². The number of nitrogens with one attached hydrogen (secondary N) is 2. The third kappa shape index (κ3) is 9.95. The SMILES string of the molecule is C#CN(C(=O)C(Cc1ccccc1)NC(=O)OC(C)(C)C)C(C(=O)NCCC(=O)OCC)c1cccc(C=C)c1. The Balaban J connectivity index is 2.44. The van der Waals surface area contributed by atoms with Gasteiger partial charge in [0.2, 0.25) is 5.91 Å². The molecule has 40 heavy (non-hydrogen) atoms. The van der Waals surface area contributed by atoms with Crippen molar-refractivity contribution in [2.24, 2.45) is 0 Å². The van der Waals surface area contributed by atoms with Crippen LogP contribution < -0.4 is 10.6 Å². The minimum atomic E-state index is -1.27. The first-order valence-corrected chi connectivity index (χ1v) is 13.0. The van der Waals surface area contributed by atoms with Crippen LogP contribution in [0.5, 0.6) is 0 Å². The molecule has 2 rings (SSSR count). The first-order valence-electron chi connectivity index (χ1n) is 13.0. The summed E-state index contributed by atoms with van der Waals surface area (Å²) in [6.07, 6.45) is 6.68. The molecule has 0 fully saturated rings. The van der Waals surface area contributed by atoms with Crippen LogP contribution in [0.25, 0.3) is 6.08 Å². The number of carbonyl (C=O) groups excluding carboxylic acids is 4. The van der Waals surface area contributed by atoms with Crippen molar-refractivity contribution in [2.45, 2.75) is 58.2 Å². The maximum Gasteiger partial charge on any atom is 0.408 e. The van der Waals surface area contributed by atoms with Crippen LogP contribution in [0, 0.1) is 12.5 Å². The van der Waals surface area contributed by atoms with Crippen molar-refractivity contribution < 1.29 is 28.7 Å². The highest BCUT2D eigenvalue weighted by atomic mass is 16.6. The van der Waals surface area contributed by atoms with E-state index in [1.807, 2.05) is 30.3 Å². The van der Waals surface area contributed by atoms with Crippen molar-refractivity contribution >= 4 is 30.0 Å². The lowest BCUT2D eigenvalue weighted by Gasteiger charge is -2.30. The zero-order chi connectivity index (χ0) is 29.7. The van der Waals surface area contributed by atoms with E-state index in [2.05, 4.69) is 23.3 Å². The van der Waals surface area contributed by atoms with E-state index in [1.165, 1.54) is 0 Å². The van der Waals surface area contributed by atoms with E-state index in [-0.39, 0.29) is 26.0 Å². The van der Waals surface area contributed by atoms with Crippen LogP contribution >= 0.6 is 0 Å². The van der Waals surface area contributed by atoms with Gasteiger partial charge in [0.25, 0.3) is 5.91 Å². The predicted octanol–water partition coefficient (Wildman–Crippen LogP) is 4.00. The molecule has 2 unspecified atom stereocenters. The summed E-state index contributed by atoms with van der Waals surface area (Å²) in [6.45, 7) is 10.8. The van der Waals surface area contributed by atoms with E-state index in [4.69, 9.17) is 15.9 Å². The lowest BCUT2D eigenvalue weighted by atomic mass is 9.99. The lowest BCUT2D eigenvalue weighted by Crippen LogP contribution is -2.52. The molecule has 0 aliphatic rings. The molecule has 0 bridgehead atoms. The Hall–Kier alpha value is -4.58. The number of hydrogen-bond acceptors (Lipinski definition) is 6. The summed E-state index contributed by atoms with van der Waals surface area (Å²) in [5.74, 6) is -1.76. The van der Waals surface area contributed by atoms with Gasteiger partial charge in [-0.05, 0) is 50.5 Å². The van der Waals surface area contributed by atoms with Gasteiger partial charge in [0.15, 0.2) is 0 Å². The molecule has 0 saturated carbocycles. The summed E-state index contributed by atoms with van der Waals surface area (Å²) < 4.78 is 10.3. The van der Waals surface area contributed by atoms with Crippen molar-refractivity contribution in [3.8, 4) is 12.5 Å². The average Bonchev–Trinajstić information content (AvgIpc) is 2.90. The number of rotatable bonds is 12. The Morgan fingerprint density at radius 2 is 1.80 bits per heavy atom. The Morgan fingerprint density at radius 1 is 1.10 bits per heavy atom. The second-order valence-electron chi connectivity index (χ2n) is 9.85. The molecule has 0 aromatic heterocycles. The molecule has 3 amide bonds. The largest absolute Gasteiger partial charge is 0.466 e. The molecule has 9 heteroatoms. The summed E-state index contributed by atoms with van der Waals surface area (Å²) in [5, 5.41) is 5.29. The van der Waals surface area contributed by atoms with Gasteiger partial charge in [-0.2, -0.15) is 0 Å². The summed E-state index contributed by atoms with van der Waals surface area (Å²) in [5.41, 5.74) is 1.09. The van der Waals surface area contributed by atoms with Crippen LogP contribution in [0.4, 0.5) is 4.79 Å². The van der Waals surface area contributed by atoms with E-state index in [1.54, 1.807) is 58.0 Å². The molecule has 0 spiro atoms. The number of nitrogens with zero attached hydrogens (tertiary/aromatic N) is 1. The molecule has 2 atom stereocenters. The quantitative estimate of drug-likeness (QED) is 0.236. The smallest absolute Gasteiger partial charge is 0.408 e. The molecule has 0 radical (unpaired) electrons. The molecule has 2 N–H and O–H groups in total. The van der Waals surface area contributed by atoms with Gasteiger partial charge in [-0.3, -0.25) is 19.3 Å². The van der Waals surface area contributed by atoms with Gasteiger partial charge in [0.05, 0.1) is 13.0 Å². The molecular formula is C31H37N3O6. The van der Waals surface area contributed by atoms with Gasteiger partial charge in [-0.15, -0.1) is 0 Å². The molecule has 2 aromatic carbocycles. The summed E-state index contributed by atoms with van der Waals surface area (Å²) in [7, 11) is 0. The fourth-order valence-electron chi connectivity index (χ4n) is 3.82. The summed E-state index contributed by atoms with van der Waals surface area (Å²) >= 11 is 0. The fourth-order valence-corrected chi connectivity index (χ4v) is 3.82. The maximum atomic E-state index is 14.0. The zero-order valence-electron chi connectivity index (χ0n) is 23.4. The lowest BCUT2D eigenvalue weighted by molar-refractivity contribution is -0.143. The van der Waals surface area contributed by atoms with E-state index in [0.717, 1.165) is 10.5 Å². The van der Waals surface area contributed by atoms with Crippen LogP contribution in [0.15, 0.2) is 61.2 Å². The number of hydrogen-bond donors (Lipinski definition) is 2. The number of alkyl carbamates (subject to hydrolysis) is 1. The van der Waals surface area contributed by atoms with Crippen LogP contribution in [0.1, 0.15) is 56.8 Å². The highest BCUT2D eigenvalue weighted by Crippen LogP contribution is 2.24. The second kappa shape index (κ2) is 15.1. The fraction of sp³-hybridized carbons (Fsp3) is 0.355. The standard InChI is InChI=1S/C31H37N3O6/c1-7-22-16-13-17-24(20-22)27(28(36)32-19-18-26(35)39-9-3)34(8-2)29(37)25(21-23-14-11-10-12-15-23)33-30(38)40-31(4,5)6/h2,7,10-17,20,25,27H,1,9,18-19,21H2,3-6H3,(H,32,36)(H,33,38). The van der Waals surface area contributed by atoms with Crippen LogP contribution in [-0.4, -0.2) is 53.6 Å². The molecule has 0 aliphatic carbocycles. The molecule has 2 aromatic rings. The first kappa shape index (κ1) is 31.6. The van der Waals surface area contributed by atoms with Crippen LogP contribution in [0.3, 0.4) is 0 Å². The summed E-state index contributed by atoms with van der Waals surface area (Å²) in [4.78, 5) is 52.9. The molecule has 0 heterocycles. The molecular weight excluding hydrogens is 510 g/mol. The van der Waals surface area contributed by atoms with E-state index in [9.17, 15) is 19.2 Å². The number of amides is 3. The van der Waals surface area contributed by atoms with Crippen LogP contribution in [0.2, 0.25) is 0 Å². The van der Waals surface area contributed by atoms with Crippen molar-refractivity contribution in [3.05, 3.63) is 77.9 Å². The normalized spacial score (nSPS) is 12.2. The minimum Gasteiger partial charge on any atom is -0.466 e. The van der Waals surface area contributed by atoms with E-state index >= 15 is 0 Å². The topological polar surface area (TPSA) is 114 Å². The minimum absolute atomic E-state index is 0.0223. The zero-order valence-corrected chi connectivity index (χ0v) is 23.4. The Bertz CT molecular complexity index is 1230. The van der Waals surface area contributed by atoms with Gasteiger partial charge in [0, 0.05) is 19.0 Å². The molecule has 212 valence electrons. The van der Waals surface area contributed by atoms with Gasteiger partial charge in [-0.25, -0.2) is 4.79 Å². The Labute approximate surface area is 235 Å². The van der Waals surface area contributed by atoms with Gasteiger partial charge >= 0.3 is 12.1 Å². The van der Waals surface area contributed by atoms with E-state index < -0.39 is 41.6 Å². The third-order valence-corrected chi connectivity index (χ3v) is 5.55. The highest BCUT2D eigenvalue weighted by Gasteiger charge is 2.36. The number of carbonyl (C=O) groups is 4. The Morgan fingerprint density at radius 3 is 2.40 bits per heavy atom. The highest BCUT2D eigenvalue weighted by molar-refractivity contribution is 5.93. The monoisotopic (exact) mass is 547 g/mol. The third-order valence-electron chi connectivity index (χ3n) is 5.55. The van der Waals surface area contributed by atoms with Crippen molar-refractivity contribution in [1.29, 1.82) is 0 Å². The molecule has 0 aliphatic heterocycles. The number of benzene rings is 2. The molecule has 9 nitrogen and oxygen atoms in total. The Kier molecular flexibility index (Phi) is 12.0. The number of ether oxygens (including phenoxy) is 2. The maximum absolute atomic E-state index is 14.0. The second-order valence-corrected chi connectivity index (χ2v) is 9.85. The number of terminal acetylenes is 1. The van der Waals surface area contributed by atoms with Gasteiger partial charge < -0.3 is 20.1 Å². The van der Waals surface area contributed by atoms with Gasteiger partial charge in [-0.1, -0.05) is 67.6 Å².